The summed E-state index contributed by atoms with van der Waals surface area (Å²) in [6.07, 6.45) is 1.69. The minimum atomic E-state index is 0.498. The molecule has 5 nitrogen and oxygen atoms in total. The van der Waals surface area contributed by atoms with Crippen LogP contribution in [0.5, 0.6) is 5.75 Å². The Kier molecular flexibility index (Phi) is 3.87. The van der Waals surface area contributed by atoms with Gasteiger partial charge in [-0.2, -0.15) is 0 Å². The number of rotatable bonds is 5. The fraction of sp³-hybridized carbons (Fsp3) is 0.400. The van der Waals surface area contributed by atoms with E-state index in [0.717, 1.165) is 55.2 Å². The van der Waals surface area contributed by atoms with Crippen LogP contribution in [0.2, 0.25) is 5.15 Å². The zero-order chi connectivity index (χ0) is 17.7. The lowest BCUT2D eigenvalue weighted by atomic mass is 10.3. The smallest absolute Gasteiger partial charge is 0.137 e. The highest BCUT2D eigenvalue weighted by Crippen LogP contribution is 2.52. The lowest BCUT2D eigenvalue weighted by Gasteiger charge is -2.19. The highest BCUT2D eigenvalue weighted by Gasteiger charge is 2.55. The highest BCUT2D eigenvalue weighted by atomic mass is 35.5. The van der Waals surface area contributed by atoms with Gasteiger partial charge in [0.1, 0.15) is 16.7 Å². The van der Waals surface area contributed by atoms with Gasteiger partial charge < -0.3 is 9.30 Å². The molecule has 3 atom stereocenters. The van der Waals surface area contributed by atoms with E-state index in [1.807, 2.05) is 12.1 Å². The zero-order valence-electron chi connectivity index (χ0n) is 14.7. The maximum absolute atomic E-state index is 5.88. The fourth-order valence-corrected chi connectivity index (χ4v) is 4.40. The number of benzene rings is 1. The second kappa shape index (κ2) is 6.25. The molecule has 26 heavy (non-hydrogen) atoms. The maximum Gasteiger partial charge on any atom is 0.137 e. The van der Waals surface area contributed by atoms with Crippen LogP contribution in [0.15, 0.2) is 42.6 Å². The van der Waals surface area contributed by atoms with Gasteiger partial charge in [-0.15, -0.1) is 0 Å². The zero-order valence-corrected chi connectivity index (χ0v) is 15.4. The number of hydrogen-bond acceptors (Lipinski definition) is 4. The van der Waals surface area contributed by atoms with Crippen molar-refractivity contribution in [1.82, 2.24) is 19.4 Å². The number of nitrogens with zero attached hydrogens (tertiary/aromatic N) is 4. The number of aromatic nitrogens is 3. The Morgan fingerprint density at radius 1 is 1.15 bits per heavy atom. The Bertz CT molecular complexity index is 927. The number of para-hydroxylation sites is 2. The van der Waals surface area contributed by atoms with E-state index < -0.39 is 0 Å². The maximum atomic E-state index is 5.88. The molecule has 2 aliphatic rings. The van der Waals surface area contributed by atoms with Gasteiger partial charge in [-0.25, -0.2) is 9.97 Å². The molecule has 0 amide bonds. The number of pyridine rings is 1. The van der Waals surface area contributed by atoms with Crippen LogP contribution in [0, 0.1) is 17.8 Å². The van der Waals surface area contributed by atoms with Crippen LogP contribution in [-0.2, 0) is 13.6 Å². The van der Waals surface area contributed by atoms with Gasteiger partial charge in [0, 0.05) is 26.1 Å². The van der Waals surface area contributed by atoms with E-state index in [9.17, 15) is 0 Å². The first-order valence-corrected chi connectivity index (χ1v) is 9.44. The summed E-state index contributed by atoms with van der Waals surface area (Å²) in [4.78, 5) is 11.4. The van der Waals surface area contributed by atoms with E-state index in [2.05, 4.69) is 39.7 Å². The van der Waals surface area contributed by atoms with Crippen molar-refractivity contribution in [3.05, 3.63) is 53.6 Å². The van der Waals surface area contributed by atoms with Crippen LogP contribution in [0.3, 0.4) is 0 Å². The Hall–Kier alpha value is -2.11. The molecule has 3 aromatic rings. The molecule has 3 heterocycles. The largest absolute Gasteiger partial charge is 0.492 e. The molecule has 1 aromatic carbocycles. The molecule has 1 aliphatic carbocycles. The summed E-state index contributed by atoms with van der Waals surface area (Å²) in [5.74, 6) is 4.13. The fourth-order valence-electron chi connectivity index (χ4n) is 4.29. The van der Waals surface area contributed by atoms with Gasteiger partial charge in [0.2, 0.25) is 0 Å². The lowest BCUT2D eigenvalue weighted by molar-refractivity contribution is 0.226. The van der Waals surface area contributed by atoms with Crippen molar-refractivity contribution in [2.45, 2.75) is 6.54 Å². The van der Waals surface area contributed by atoms with Crippen molar-refractivity contribution in [3.63, 3.8) is 0 Å². The van der Waals surface area contributed by atoms with Crippen LogP contribution in [0.25, 0.3) is 11.0 Å². The van der Waals surface area contributed by atoms with Gasteiger partial charge >= 0.3 is 0 Å². The molecule has 1 unspecified atom stereocenters. The van der Waals surface area contributed by atoms with Crippen LogP contribution in [0.1, 0.15) is 5.82 Å². The number of ether oxygens (including phenoxy) is 1. The summed E-state index contributed by atoms with van der Waals surface area (Å²) in [5.41, 5.74) is 2.28. The van der Waals surface area contributed by atoms with E-state index >= 15 is 0 Å². The van der Waals surface area contributed by atoms with Crippen molar-refractivity contribution in [1.29, 1.82) is 0 Å². The Balaban J connectivity index is 1.16. The quantitative estimate of drug-likeness (QED) is 0.647. The summed E-state index contributed by atoms with van der Waals surface area (Å²) in [7, 11) is 2.11. The van der Waals surface area contributed by atoms with Crippen molar-refractivity contribution in [2.75, 3.05) is 19.7 Å². The van der Waals surface area contributed by atoms with Crippen molar-refractivity contribution < 1.29 is 4.74 Å². The van der Waals surface area contributed by atoms with Crippen molar-refractivity contribution >= 4 is 22.6 Å². The first-order valence-electron chi connectivity index (χ1n) is 9.06. The predicted octanol–water partition coefficient (Wildman–Crippen LogP) is 3.38. The highest BCUT2D eigenvalue weighted by molar-refractivity contribution is 6.29. The molecule has 0 N–H and O–H groups in total. The van der Waals surface area contributed by atoms with E-state index in [1.54, 1.807) is 12.3 Å². The Morgan fingerprint density at radius 2 is 1.96 bits per heavy atom. The summed E-state index contributed by atoms with van der Waals surface area (Å²) in [5, 5.41) is 0.498. The molecular formula is C20H21ClN4O. The normalized spacial score (nSPS) is 24.8. The molecule has 0 radical (unpaired) electrons. The van der Waals surface area contributed by atoms with E-state index in [0.29, 0.717) is 11.1 Å². The molecule has 0 bridgehead atoms. The third kappa shape index (κ3) is 2.85. The van der Waals surface area contributed by atoms with Crippen LogP contribution in [-0.4, -0.2) is 39.1 Å². The molecule has 1 saturated heterocycles. The van der Waals surface area contributed by atoms with Crippen LogP contribution < -0.4 is 4.74 Å². The molecule has 6 heteroatoms. The van der Waals surface area contributed by atoms with Crippen LogP contribution in [0.4, 0.5) is 0 Å². The molecule has 134 valence electrons. The monoisotopic (exact) mass is 368 g/mol. The number of aryl methyl sites for hydroxylation is 1. The number of piperidine rings is 1. The average molecular weight is 369 g/mol. The third-order valence-corrected chi connectivity index (χ3v) is 6.06. The number of fused-ring (bicyclic) bond motifs is 2. The molecule has 1 aliphatic heterocycles. The van der Waals surface area contributed by atoms with E-state index in [-0.39, 0.29) is 0 Å². The van der Waals surface area contributed by atoms with Gasteiger partial charge in [-0.05, 0) is 36.1 Å². The standard InChI is InChI=1S/C20H21ClN4O/c1-24-18-5-3-2-4-17(18)23-20(24)11-25-9-14-15(10-25)16(14)12-26-13-6-7-19(21)22-8-13/h2-8,14-16H,9-12H2,1H3/t14-,15+,16?. The van der Waals surface area contributed by atoms with Gasteiger partial charge in [-0.3, -0.25) is 4.90 Å². The average Bonchev–Trinajstić information content (AvgIpc) is 2.98. The summed E-state index contributed by atoms with van der Waals surface area (Å²) >= 11 is 5.81. The predicted molar refractivity (Wildman–Crippen MR) is 101 cm³/mol. The Labute approximate surface area is 157 Å². The molecule has 2 aromatic heterocycles. The van der Waals surface area contributed by atoms with Crippen molar-refractivity contribution in [3.8, 4) is 5.75 Å². The topological polar surface area (TPSA) is 43.2 Å². The van der Waals surface area contributed by atoms with Crippen molar-refractivity contribution in [2.24, 2.45) is 24.8 Å². The number of imidazole rings is 1. The number of hydrogen-bond donors (Lipinski definition) is 0. The minimum absolute atomic E-state index is 0.498. The SMILES string of the molecule is Cn1c(CN2C[C@@H]3C(COc4ccc(Cl)nc4)[C@@H]3C2)nc2ccccc21. The summed E-state index contributed by atoms with van der Waals surface area (Å²) in [6, 6.07) is 12.0. The first kappa shape index (κ1) is 16.1. The molecule has 2 fully saturated rings. The third-order valence-electron chi connectivity index (χ3n) is 5.83. The second-order valence-corrected chi connectivity index (χ2v) is 7.78. The number of halogens is 1. The van der Waals surface area contributed by atoms with E-state index in [4.69, 9.17) is 21.3 Å². The Morgan fingerprint density at radius 3 is 2.69 bits per heavy atom. The summed E-state index contributed by atoms with van der Waals surface area (Å²) < 4.78 is 8.09. The first-order chi connectivity index (χ1) is 12.7. The van der Waals surface area contributed by atoms with Gasteiger partial charge in [0.05, 0.1) is 30.4 Å². The van der Waals surface area contributed by atoms with Gasteiger partial charge in [-0.1, -0.05) is 23.7 Å². The molecule has 5 rings (SSSR count). The molecule has 1 saturated carbocycles. The van der Waals surface area contributed by atoms with Crippen LogP contribution >= 0.6 is 11.6 Å². The van der Waals surface area contributed by atoms with E-state index in [1.165, 1.54) is 5.52 Å². The molecule has 0 spiro atoms. The number of likely N-dealkylation sites (tertiary alicyclic amines) is 1. The molecular weight excluding hydrogens is 348 g/mol. The lowest BCUT2D eigenvalue weighted by Crippen LogP contribution is -2.26. The summed E-state index contributed by atoms with van der Waals surface area (Å²) in [6.45, 7) is 3.98. The van der Waals surface area contributed by atoms with Gasteiger partial charge in [0.25, 0.3) is 0 Å². The second-order valence-electron chi connectivity index (χ2n) is 7.39. The minimum Gasteiger partial charge on any atom is -0.492 e. The van der Waals surface area contributed by atoms with Gasteiger partial charge in [0.15, 0.2) is 0 Å².